The zero-order valence-electron chi connectivity index (χ0n) is 12.0. The first-order valence-electron chi connectivity index (χ1n) is 6.61. The molecule has 0 saturated carbocycles. The second-order valence-electron chi connectivity index (χ2n) is 4.74. The van der Waals surface area contributed by atoms with Crippen molar-refractivity contribution in [1.82, 2.24) is 25.0 Å². The third kappa shape index (κ3) is 5.23. The van der Waals surface area contributed by atoms with E-state index in [1.165, 1.54) is 0 Å². The van der Waals surface area contributed by atoms with Crippen LogP contribution in [0.1, 0.15) is 6.42 Å². The molecule has 0 aliphatic carbocycles. The molecule has 20 heavy (non-hydrogen) atoms. The molecule has 8 heteroatoms. The second kappa shape index (κ2) is 9.11. The largest absolute Gasteiger partial charge is 0.381 e. The van der Waals surface area contributed by atoms with Crippen molar-refractivity contribution < 1.29 is 4.74 Å². The van der Waals surface area contributed by atoms with Crippen LogP contribution in [0.5, 0.6) is 0 Å². The lowest BCUT2D eigenvalue weighted by molar-refractivity contribution is 0.181. The van der Waals surface area contributed by atoms with Crippen LogP contribution in [0.4, 0.5) is 0 Å². The number of rotatable bonds is 5. The molecule has 1 aromatic rings. The van der Waals surface area contributed by atoms with Crippen LogP contribution in [-0.4, -0.2) is 66.0 Å². The van der Waals surface area contributed by atoms with Gasteiger partial charge in [-0.05, 0) is 6.42 Å². The Morgan fingerprint density at radius 3 is 3.05 bits per heavy atom. The molecule has 1 fully saturated rings. The molecule has 1 atom stereocenters. The molecule has 1 aromatic heterocycles. The summed E-state index contributed by atoms with van der Waals surface area (Å²) >= 11 is 0. The summed E-state index contributed by atoms with van der Waals surface area (Å²) in [4.78, 5) is 10.4. The van der Waals surface area contributed by atoms with E-state index >= 15 is 0 Å². The maximum atomic E-state index is 5.40. The van der Waals surface area contributed by atoms with Gasteiger partial charge in [0.25, 0.3) is 0 Å². The van der Waals surface area contributed by atoms with Crippen LogP contribution in [0, 0.1) is 5.92 Å². The Hall–Kier alpha value is -0.900. The Labute approximate surface area is 136 Å². The highest BCUT2D eigenvalue weighted by molar-refractivity contribution is 14.0. The van der Waals surface area contributed by atoms with Crippen LogP contribution in [0.2, 0.25) is 0 Å². The Morgan fingerprint density at radius 2 is 2.45 bits per heavy atom. The van der Waals surface area contributed by atoms with Gasteiger partial charge in [0.1, 0.15) is 12.7 Å². The number of halogens is 1. The van der Waals surface area contributed by atoms with Crippen molar-refractivity contribution in [3.05, 3.63) is 12.7 Å². The van der Waals surface area contributed by atoms with Crippen LogP contribution < -0.4 is 5.32 Å². The van der Waals surface area contributed by atoms with Gasteiger partial charge in [0.05, 0.1) is 13.2 Å². The van der Waals surface area contributed by atoms with Crippen molar-refractivity contribution in [1.29, 1.82) is 0 Å². The van der Waals surface area contributed by atoms with Gasteiger partial charge in [0.2, 0.25) is 0 Å². The number of guanidine groups is 1. The zero-order chi connectivity index (χ0) is 13.5. The molecule has 0 amide bonds. The van der Waals surface area contributed by atoms with E-state index in [-0.39, 0.29) is 24.0 Å². The fourth-order valence-electron chi connectivity index (χ4n) is 2.22. The van der Waals surface area contributed by atoms with E-state index in [9.17, 15) is 0 Å². The van der Waals surface area contributed by atoms with E-state index in [0.717, 1.165) is 45.2 Å². The molecule has 114 valence electrons. The SMILES string of the molecule is CN=C(NCCn1cncn1)N(C)CC1CCOC1.I. The number of nitrogens with one attached hydrogen (secondary N) is 1. The molecule has 7 nitrogen and oxygen atoms in total. The van der Waals surface area contributed by atoms with Crippen molar-refractivity contribution in [2.24, 2.45) is 10.9 Å². The first kappa shape index (κ1) is 17.2. The monoisotopic (exact) mass is 394 g/mol. The highest BCUT2D eigenvalue weighted by Gasteiger charge is 2.18. The standard InChI is InChI=1S/C12H22N6O.HI/c1-13-12(15-4-5-18-10-14-9-16-18)17(2)7-11-3-6-19-8-11;/h9-11H,3-8H2,1-2H3,(H,13,15);1H. The van der Waals surface area contributed by atoms with Gasteiger partial charge in [-0.1, -0.05) is 0 Å². The van der Waals surface area contributed by atoms with Gasteiger partial charge < -0.3 is 15.0 Å². The number of hydrogen-bond acceptors (Lipinski definition) is 4. The zero-order valence-corrected chi connectivity index (χ0v) is 14.4. The van der Waals surface area contributed by atoms with Crippen LogP contribution in [0.3, 0.4) is 0 Å². The third-order valence-corrected chi connectivity index (χ3v) is 3.22. The van der Waals surface area contributed by atoms with Gasteiger partial charge in [0, 0.05) is 39.7 Å². The number of hydrogen-bond donors (Lipinski definition) is 1. The van der Waals surface area contributed by atoms with Gasteiger partial charge >= 0.3 is 0 Å². The van der Waals surface area contributed by atoms with Gasteiger partial charge in [-0.3, -0.25) is 9.67 Å². The maximum absolute atomic E-state index is 5.40. The van der Waals surface area contributed by atoms with E-state index in [4.69, 9.17) is 4.74 Å². The van der Waals surface area contributed by atoms with Crippen molar-refractivity contribution in [3.8, 4) is 0 Å². The van der Waals surface area contributed by atoms with Gasteiger partial charge in [0.15, 0.2) is 5.96 Å². The minimum absolute atomic E-state index is 0. The number of aliphatic imine (C=N–C) groups is 1. The highest BCUT2D eigenvalue weighted by atomic mass is 127. The molecule has 1 saturated heterocycles. The molecule has 0 bridgehead atoms. The first-order chi connectivity index (χ1) is 9.29. The summed E-state index contributed by atoms with van der Waals surface area (Å²) in [7, 11) is 3.86. The molecule has 0 radical (unpaired) electrons. The quantitative estimate of drug-likeness (QED) is 0.446. The molecular weight excluding hydrogens is 371 g/mol. The van der Waals surface area contributed by atoms with Gasteiger partial charge in [-0.25, -0.2) is 4.98 Å². The molecule has 1 aliphatic heterocycles. The number of aromatic nitrogens is 3. The van der Waals surface area contributed by atoms with Crippen LogP contribution in [0.15, 0.2) is 17.6 Å². The fourth-order valence-corrected chi connectivity index (χ4v) is 2.22. The van der Waals surface area contributed by atoms with Crippen LogP contribution >= 0.6 is 24.0 Å². The van der Waals surface area contributed by atoms with E-state index < -0.39 is 0 Å². The Balaban J connectivity index is 0.00000200. The van der Waals surface area contributed by atoms with E-state index in [1.807, 2.05) is 0 Å². The van der Waals surface area contributed by atoms with E-state index in [0.29, 0.717) is 5.92 Å². The second-order valence-corrected chi connectivity index (χ2v) is 4.74. The summed E-state index contributed by atoms with van der Waals surface area (Å²) in [6.45, 7) is 4.28. The number of ether oxygens (including phenoxy) is 1. The lowest BCUT2D eigenvalue weighted by Crippen LogP contribution is -2.42. The maximum Gasteiger partial charge on any atom is 0.193 e. The summed E-state index contributed by atoms with van der Waals surface area (Å²) in [6, 6.07) is 0. The predicted molar refractivity (Wildman–Crippen MR) is 88.4 cm³/mol. The van der Waals surface area contributed by atoms with Crippen LogP contribution in [-0.2, 0) is 11.3 Å². The molecule has 1 aliphatic rings. The first-order valence-corrected chi connectivity index (χ1v) is 6.61. The van der Waals surface area contributed by atoms with Crippen molar-refractivity contribution in [3.63, 3.8) is 0 Å². The topological polar surface area (TPSA) is 67.6 Å². The normalized spacial score (nSPS) is 18.7. The molecule has 2 rings (SSSR count). The van der Waals surface area contributed by atoms with Gasteiger partial charge in [-0.15, -0.1) is 24.0 Å². The van der Waals surface area contributed by atoms with Crippen molar-refractivity contribution in [2.45, 2.75) is 13.0 Å². The van der Waals surface area contributed by atoms with Gasteiger partial charge in [-0.2, -0.15) is 5.10 Å². The Kier molecular flexibility index (Phi) is 7.82. The molecule has 0 spiro atoms. The van der Waals surface area contributed by atoms with Crippen molar-refractivity contribution >= 4 is 29.9 Å². The minimum atomic E-state index is 0. The predicted octanol–water partition coefficient (Wildman–Crippen LogP) is 0.440. The van der Waals surface area contributed by atoms with E-state index in [1.54, 1.807) is 24.4 Å². The third-order valence-electron chi connectivity index (χ3n) is 3.22. The lowest BCUT2D eigenvalue weighted by atomic mass is 10.1. The molecule has 1 N–H and O–H groups in total. The fraction of sp³-hybridized carbons (Fsp3) is 0.750. The van der Waals surface area contributed by atoms with Crippen LogP contribution in [0.25, 0.3) is 0 Å². The van der Waals surface area contributed by atoms with E-state index in [2.05, 4.69) is 32.3 Å². The Morgan fingerprint density at radius 1 is 1.60 bits per heavy atom. The molecule has 1 unspecified atom stereocenters. The summed E-state index contributed by atoms with van der Waals surface area (Å²) < 4.78 is 7.19. The average Bonchev–Trinajstić information content (AvgIpc) is 3.07. The smallest absolute Gasteiger partial charge is 0.193 e. The highest BCUT2D eigenvalue weighted by Crippen LogP contribution is 2.13. The summed E-state index contributed by atoms with van der Waals surface area (Å²) in [6.07, 6.45) is 4.39. The number of nitrogens with zero attached hydrogens (tertiary/aromatic N) is 5. The lowest BCUT2D eigenvalue weighted by Gasteiger charge is -2.24. The summed E-state index contributed by atoms with van der Waals surface area (Å²) in [5, 5.41) is 7.39. The molecule has 2 heterocycles. The average molecular weight is 394 g/mol. The molecular formula is C12H23IN6O. The molecule has 0 aromatic carbocycles. The van der Waals surface area contributed by atoms with Crippen molar-refractivity contribution in [2.75, 3.05) is 40.4 Å². The Bertz CT molecular complexity index is 391. The minimum Gasteiger partial charge on any atom is -0.381 e. The summed E-state index contributed by atoms with van der Waals surface area (Å²) in [5.41, 5.74) is 0. The summed E-state index contributed by atoms with van der Waals surface area (Å²) in [5.74, 6) is 1.52.